The van der Waals surface area contributed by atoms with Gasteiger partial charge in [-0.05, 0) is 19.9 Å². The summed E-state index contributed by atoms with van der Waals surface area (Å²) in [6.45, 7) is 7.53. The molecule has 0 unspecified atom stereocenters. The van der Waals surface area contributed by atoms with Crippen molar-refractivity contribution in [2.75, 3.05) is 32.1 Å². The van der Waals surface area contributed by atoms with E-state index >= 15 is 0 Å². The van der Waals surface area contributed by atoms with Gasteiger partial charge in [0.05, 0.1) is 12.9 Å². The number of aryl methyl sites for hydroxylation is 1. The van der Waals surface area contributed by atoms with Crippen molar-refractivity contribution in [3.05, 3.63) is 18.1 Å². The van der Waals surface area contributed by atoms with Crippen molar-refractivity contribution < 1.29 is 9.15 Å². The summed E-state index contributed by atoms with van der Waals surface area (Å²) in [7, 11) is 0. The number of thioether (sulfide) groups is 1. The molecule has 0 saturated carbocycles. The van der Waals surface area contributed by atoms with Gasteiger partial charge in [-0.3, -0.25) is 0 Å². The van der Waals surface area contributed by atoms with Crippen LogP contribution in [0.2, 0.25) is 0 Å². The van der Waals surface area contributed by atoms with Gasteiger partial charge in [0.25, 0.3) is 0 Å². The molecule has 0 atom stereocenters. The predicted octanol–water partition coefficient (Wildman–Crippen LogP) is 2.31. The maximum Gasteiger partial charge on any atom is 0.114 e. The molecule has 0 amide bonds. The molecule has 1 N–H and O–H groups in total. The Morgan fingerprint density at radius 2 is 2.33 bits per heavy atom. The topological polar surface area (TPSA) is 34.4 Å². The number of rotatable bonds is 8. The molecule has 0 spiro atoms. The molecule has 1 aromatic rings. The Labute approximate surface area is 95.6 Å². The third kappa shape index (κ3) is 5.25. The van der Waals surface area contributed by atoms with Crippen molar-refractivity contribution in [1.29, 1.82) is 0 Å². The number of furan rings is 1. The molecule has 4 heteroatoms. The van der Waals surface area contributed by atoms with Crippen LogP contribution in [0.1, 0.15) is 12.7 Å². The zero-order chi connectivity index (χ0) is 10.9. The van der Waals surface area contributed by atoms with Crippen molar-refractivity contribution in [2.45, 2.75) is 18.7 Å². The molecule has 0 bridgehead atoms. The highest BCUT2D eigenvalue weighted by molar-refractivity contribution is 7.99. The normalized spacial score (nSPS) is 10.8. The quantitative estimate of drug-likeness (QED) is 0.548. The molecule has 0 aliphatic rings. The summed E-state index contributed by atoms with van der Waals surface area (Å²) in [6, 6.07) is 2.01. The van der Waals surface area contributed by atoms with Crippen LogP contribution < -0.4 is 5.32 Å². The van der Waals surface area contributed by atoms with Gasteiger partial charge in [-0.25, -0.2) is 0 Å². The van der Waals surface area contributed by atoms with Gasteiger partial charge >= 0.3 is 0 Å². The largest absolute Gasteiger partial charge is 0.468 e. The van der Waals surface area contributed by atoms with Gasteiger partial charge in [-0.2, -0.15) is 0 Å². The van der Waals surface area contributed by atoms with Crippen molar-refractivity contribution in [3.8, 4) is 0 Å². The molecule has 86 valence electrons. The van der Waals surface area contributed by atoms with Crippen LogP contribution in [0.5, 0.6) is 0 Å². The van der Waals surface area contributed by atoms with Gasteiger partial charge in [-0.15, -0.1) is 11.8 Å². The molecular weight excluding hydrogens is 210 g/mol. The molecule has 15 heavy (non-hydrogen) atoms. The summed E-state index contributed by atoms with van der Waals surface area (Å²) in [5.74, 6) is 2.07. The Kier molecular flexibility index (Phi) is 6.55. The van der Waals surface area contributed by atoms with Crippen LogP contribution in [0.15, 0.2) is 21.6 Å². The third-order valence-electron chi connectivity index (χ3n) is 1.97. The Balaban J connectivity index is 1.96. The van der Waals surface area contributed by atoms with Gasteiger partial charge in [0.15, 0.2) is 0 Å². The van der Waals surface area contributed by atoms with Crippen molar-refractivity contribution in [2.24, 2.45) is 0 Å². The van der Waals surface area contributed by atoms with E-state index in [-0.39, 0.29) is 0 Å². The van der Waals surface area contributed by atoms with Crippen molar-refractivity contribution in [1.82, 2.24) is 5.32 Å². The molecule has 0 aliphatic heterocycles. The lowest BCUT2D eigenvalue weighted by Gasteiger charge is -2.04. The van der Waals surface area contributed by atoms with Gasteiger partial charge in [0.1, 0.15) is 5.76 Å². The highest BCUT2D eigenvalue weighted by Crippen LogP contribution is 2.22. The lowest BCUT2D eigenvalue weighted by molar-refractivity contribution is 0.150. The van der Waals surface area contributed by atoms with E-state index in [1.807, 2.05) is 31.7 Å². The molecule has 1 rings (SSSR count). The van der Waals surface area contributed by atoms with Crippen LogP contribution >= 0.6 is 11.8 Å². The molecule has 1 aromatic heterocycles. The van der Waals surface area contributed by atoms with E-state index in [9.17, 15) is 0 Å². The van der Waals surface area contributed by atoms with E-state index in [1.165, 1.54) is 4.90 Å². The second-order valence-electron chi connectivity index (χ2n) is 3.14. The minimum atomic E-state index is 0.796. The molecule has 0 saturated heterocycles. The van der Waals surface area contributed by atoms with Crippen LogP contribution in [-0.4, -0.2) is 32.1 Å². The van der Waals surface area contributed by atoms with E-state index in [0.29, 0.717) is 0 Å². The molecule has 0 aromatic carbocycles. The lowest BCUT2D eigenvalue weighted by Crippen LogP contribution is -2.22. The Hall–Kier alpha value is -0.450. The predicted molar refractivity (Wildman–Crippen MR) is 63.5 cm³/mol. The Morgan fingerprint density at radius 1 is 1.47 bits per heavy atom. The molecule has 1 heterocycles. The van der Waals surface area contributed by atoms with Crippen LogP contribution in [0.3, 0.4) is 0 Å². The second-order valence-corrected chi connectivity index (χ2v) is 4.27. The summed E-state index contributed by atoms with van der Waals surface area (Å²) < 4.78 is 10.4. The SMILES string of the molecule is CCOCCNCCSc1ccoc1C. The number of hydrogen-bond donors (Lipinski definition) is 1. The zero-order valence-electron chi connectivity index (χ0n) is 9.41. The van der Waals surface area contributed by atoms with Gasteiger partial charge in [0, 0.05) is 30.3 Å². The van der Waals surface area contributed by atoms with Gasteiger partial charge < -0.3 is 14.5 Å². The highest BCUT2D eigenvalue weighted by atomic mass is 32.2. The minimum absolute atomic E-state index is 0.796. The van der Waals surface area contributed by atoms with Gasteiger partial charge in [-0.1, -0.05) is 0 Å². The van der Waals surface area contributed by atoms with E-state index in [2.05, 4.69) is 5.32 Å². The van der Waals surface area contributed by atoms with Crippen molar-refractivity contribution in [3.63, 3.8) is 0 Å². The monoisotopic (exact) mass is 229 g/mol. The first kappa shape index (κ1) is 12.6. The fourth-order valence-corrected chi connectivity index (χ4v) is 2.04. The standard InChI is InChI=1S/C11H19NO2S/c1-3-13-8-5-12-6-9-15-11-4-7-14-10(11)2/h4,7,12H,3,5-6,8-9H2,1-2H3. The first-order valence-corrected chi connectivity index (χ1v) is 6.28. The number of ether oxygens (including phenoxy) is 1. The van der Waals surface area contributed by atoms with E-state index in [0.717, 1.165) is 37.8 Å². The average molecular weight is 229 g/mol. The summed E-state index contributed by atoms with van der Waals surface area (Å²) in [4.78, 5) is 1.24. The van der Waals surface area contributed by atoms with Crippen molar-refractivity contribution >= 4 is 11.8 Å². The average Bonchev–Trinajstić information content (AvgIpc) is 2.63. The lowest BCUT2D eigenvalue weighted by atomic mass is 10.5. The van der Waals surface area contributed by atoms with Crippen LogP contribution in [0.4, 0.5) is 0 Å². The van der Waals surface area contributed by atoms with Crippen LogP contribution in [-0.2, 0) is 4.74 Å². The van der Waals surface area contributed by atoms with Crippen LogP contribution in [0, 0.1) is 6.92 Å². The highest BCUT2D eigenvalue weighted by Gasteiger charge is 2.00. The van der Waals surface area contributed by atoms with E-state index in [4.69, 9.17) is 9.15 Å². The number of nitrogens with one attached hydrogen (secondary N) is 1. The fraction of sp³-hybridized carbons (Fsp3) is 0.636. The number of hydrogen-bond acceptors (Lipinski definition) is 4. The fourth-order valence-electron chi connectivity index (χ4n) is 1.17. The van der Waals surface area contributed by atoms with E-state index < -0.39 is 0 Å². The molecule has 0 radical (unpaired) electrons. The molecule has 0 aliphatic carbocycles. The summed E-state index contributed by atoms with van der Waals surface area (Å²) in [6.07, 6.45) is 1.74. The Morgan fingerprint density at radius 3 is 3.00 bits per heavy atom. The molecule has 3 nitrogen and oxygen atoms in total. The Bertz CT molecular complexity index is 263. The van der Waals surface area contributed by atoms with Crippen LogP contribution in [0.25, 0.3) is 0 Å². The first-order chi connectivity index (χ1) is 7.34. The molecule has 0 fully saturated rings. The second kappa shape index (κ2) is 7.79. The zero-order valence-corrected chi connectivity index (χ0v) is 10.2. The molecular formula is C11H19NO2S. The van der Waals surface area contributed by atoms with E-state index in [1.54, 1.807) is 6.26 Å². The summed E-state index contributed by atoms with van der Waals surface area (Å²) in [5.41, 5.74) is 0. The van der Waals surface area contributed by atoms with Gasteiger partial charge in [0.2, 0.25) is 0 Å². The maximum absolute atomic E-state index is 5.22. The summed E-state index contributed by atoms with van der Waals surface area (Å²) in [5, 5.41) is 3.33. The smallest absolute Gasteiger partial charge is 0.114 e. The third-order valence-corrected chi connectivity index (χ3v) is 3.12. The summed E-state index contributed by atoms with van der Waals surface area (Å²) >= 11 is 1.82. The minimum Gasteiger partial charge on any atom is -0.468 e. The first-order valence-electron chi connectivity index (χ1n) is 5.30. The maximum atomic E-state index is 5.22.